The first-order valence-corrected chi connectivity index (χ1v) is 8.50. The summed E-state index contributed by atoms with van der Waals surface area (Å²) < 4.78 is 0. The van der Waals surface area contributed by atoms with E-state index in [0.717, 1.165) is 6.42 Å². The van der Waals surface area contributed by atoms with Crippen LogP contribution in [-0.2, 0) is 6.42 Å². The molecule has 118 valence electrons. The number of hydrogen-bond donors (Lipinski definition) is 1. The fraction of sp³-hybridized carbons (Fsp3) is 0.684. The number of piperidine rings is 1. The van der Waals surface area contributed by atoms with Gasteiger partial charge in [0.2, 0.25) is 0 Å². The molecule has 1 aliphatic heterocycles. The molecule has 1 atom stereocenters. The van der Waals surface area contributed by atoms with E-state index in [4.69, 9.17) is 0 Å². The van der Waals surface area contributed by atoms with E-state index in [1.54, 1.807) is 0 Å². The average molecular weight is 288 g/mol. The predicted molar refractivity (Wildman–Crippen MR) is 91.7 cm³/mol. The van der Waals surface area contributed by atoms with Crippen LogP contribution in [0.2, 0.25) is 0 Å². The number of rotatable bonds is 4. The lowest BCUT2D eigenvalue weighted by molar-refractivity contribution is 0.0942. The Morgan fingerprint density at radius 1 is 1.14 bits per heavy atom. The fourth-order valence-electron chi connectivity index (χ4n) is 3.21. The molecule has 1 saturated heterocycles. The standard InChI is InChI=1S/C19H32N2/c1-6-16-7-9-17(10-8-16)15(2)20-18-11-13-21(14-12-18)19(3,4)5/h7-10,15,18,20H,6,11-14H2,1-5H3. The second-order valence-electron chi connectivity index (χ2n) is 7.42. The number of nitrogens with zero attached hydrogens (tertiary/aromatic N) is 1. The van der Waals surface area contributed by atoms with Crippen molar-refractivity contribution in [1.29, 1.82) is 0 Å². The molecule has 0 aromatic heterocycles. The second kappa shape index (κ2) is 6.93. The van der Waals surface area contributed by atoms with Crippen LogP contribution in [0.15, 0.2) is 24.3 Å². The molecule has 21 heavy (non-hydrogen) atoms. The first-order valence-electron chi connectivity index (χ1n) is 8.50. The minimum absolute atomic E-state index is 0.312. The van der Waals surface area contributed by atoms with Gasteiger partial charge < -0.3 is 5.32 Å². The Bertz CT molecular complexity index is 422. The number of likely N-dealkylation sites (tertiary alicyclic amines) is 1. The van der Waals surface area contributed by atoms with E-state index >= 15 is 0 Å². The Balaban J connectivity index is 1.85. The molecule has 1 aromatic carbocycles. The molecule has 1 heterocycles. The lowest BCUT2D eigenvalue weighted by Gasteiger charge is -2.41. The normalized spacial score (nSPS) is 19.7. The summed E-state index contributed by atoms with van der Waals surface area (Å²) in [6.07, 6.45) is 3.64. The lowest BCUT2D eigenvalue weighted by atomic mass is 9.96. The summed E-state index contributed by atoms with van der Waals surface area (Å²) >= 11 is 0. The van der Waals surface area contributed by atoms with Gasteiger partial charge in [0.15, 0.2) is 0 Å². The zero-order valence-corrected chi connectivity index (χ0v) is 14.4. The van der Waals surface area contributed by atoms with Gasteiger partial charge in [-0.05, 0) is 58.1 Å². The van der Waals surface area contributed by atoms with Gasteiger partial charge in [0.25, 0.3) is 0 Å². The van der Waals surface area contributed by atoms with Crippen molar-refractivity contribution >= 4 is 0 Å². The third-order valence-corrected chi connectivity index (χ3v) is 4.82. The zero-order valence-electron chi connectivity index (χ0n) is 14.4. The molecule has 2 nitrogen and oxygen atoms in total. The lowest BCUT2D eigenvalue weighted by Crippen LogP contribution is -2.50. The SMILES string of the molecule is CCc1ccc(C(C)NC2CCN(C(C)(C)C)CC2)cc1. The third kappa shape index (κ3) is 4.55. The van der Waals surface area contributed by atoms with Gasteiger partial charge in [0.05, 0.1) is 0 Å². The molecule has 1 unspecified atom stereocenters. The second-order valence-corrected chi connectivity index (χ2v) is 7.42. The summed E-state index contributed by atoms with van der Waals surface area (Å²) in [7, 11) is 0. The van der Waals surface area contributed by atoms with E-state index in [9.17, 15) is 0 Å². The largest absolute Gasteiger partial charge is 0.307 e. The zero-order chi connectivity index (χ0) is 15.5. The molecule has 0 spiro atoms. The maximum atomic E-state index is 3.82. The average Bonchev–Trinajstić information content (AvgIpc) is 2.47. The maximum absolute atomic E-state index is 3.82. The molecule has 0 aliphatic carbocycles. The van der Waals surface area contributed by atoms with E-state index < -0.39 is 0 Å². The molecule has 0 amide bonds. The smallest absolute Gasteiger partial charge is 0.0294 e. The van der Waals surface area contributed by atoms with Crippen LogP contribution >= 0.6 is 0 Å². The minimum Gasteiger partial charge on any atom is -0.307 e. The molecular weight excluding hydrogens is 256 g/mol. The van der Waals surface area contributed by atoms with Gasteiger partial charge in [0.1, 0.15) is 0 Å². The van der Waals surface area contributed by atoms with E-state index in [1.807, 2.05) is 0 Å². The summed E-state index contributed by atoms with van der Waals surface area (Å²) in [6.45, 7) is 13.9. The highest BCUT2D eigenvalue weighted by Gasteiger charge is 2.27. The Morgan fingerprint density at radius 3 is 2.19 bits per heavy atom. The van der Waals surface area contributed by atoms with Crippen molar-refractivity contribution in [3.63, 3.8) is 0 Å². The molecule has 1 aromatic rings. The third-order valence-electron chi connectivity index (χ3n) is 4.82. The fourth-order valence-corrected chi connectivity index (χ4v) is 3.21. The van der Waals surface area contributed by atoms with Crippen LogP contribution in [0, 0.1) is 0 Å². The van der Waals surface area contributed by atoms with Crippen molar-refractivity contribution in [1.82, 2.24) is 10.2 Å². The number of aryl methyl sites for hydroxylation is 1. The Kier molecular flexibility index (Phi) is 5.45. The Labute approximate surface area is 130 Å². The van der Waals surface area contributed by atoms with Crippen molar-refractivity contribution in [2.24, 2.45) is 0 Å². The van der Waals surface area contributed by atoms with E-state index in [2.05, 4.69) is 69.1 Å². The van der Waals surface area contributed by atoms with Crippen LogP contribution < -0.4 is 5.32 Å². The van der Waals surface area contributed by atoms with Crippen molar-refractivity contribution in [3.05, 3.63) is 35.4 Å². The van der Waals surface area contributed by atoms with Gasteiger partial charge in [-0.2, -0.15) is 0 Å². The molecule has 0 radical (unpaired) electrons. The number of benzene rings is 1. The van der Waals surface area contributed by atoms with Crippen LogP contribution in [0.5, 0.6) is 0 Å². The molecule has 1 aliphatic rings. The quantitative estimate of drug-likeness (QED) is 0.895. The Morgan fingerprint density at radius 2 is 1.71 bits per heavy atom. The molecule has 2 heteroatoms. The number of hydrogen-bond acceptors (Lipinski definition) is 2. The molecule has 1 fully saturated rings. The van der Waals surface area contributed by atoms with E-state index in [-0.39, 0.29) is 0 Å². The van der Waals surface area contributed by atoms with Crippen molar-refractivity contribution in [2.75, 3.05) is 13.1 Å². The predicted octanol–water partition coefficient (Wildman–Crippen LogP) is 4.16. The van der Waals surface area contributed by atoms with Gasteiger partial charge in [0, 0.05) is 30.7 Å². The van der Waals surface area contributed by atoms with Gasteiger partial charge in [-0.3, -0.25) is 4.90 Å². The van der Waals surface area contributed by atoms with Crippen LogP contribution in [0.1, 0.15) is 64.6 Å². The summed E-state index contributed by atoms with van der Waals surface area (Å²) in [5.74, 6) is 0. The van der Waals surface area contributed by atoms with Gasteiger partial charge in [-0.15, -0.1) is 0 Å². The van der Waals surface area contributed by atoms with E-state index in [1.165, 1.54) is 37.1 Å². The summed E-state index contributed by atoms with van der Waals surface area (Å²) in [6, 6.07) is 10.2. The number of nitrogens with one attached hydrogen (secondary N) is 1. The molecule has 1 N–H and O–H groups in total. The summed E-state index contributed by atoms with van der Waals surface area (Å²) in [5.41, 5.74) is 3.14. The molecule has 0 bridgehead atoms. The van der Waals surface area contributed by atoms with Crippen LogP contribution in [-0.4, -0.2) is 29.6 Å². The molecule has 2 rings (SSSR count). The van der Waals surface area contributed by atoms with Crippen LogP contribution in [0.3, 0.4) is 0 Å². The minimum atomic E-state index is 0.312. The first kappa shape index (κ1) is 16.5. The summed E-state index contributed by atoms with van der Waals surface area (Å²) in [5, 5.41) is 3.82. The molecular formula is C19H32N2. The van der Waals surface area contributed by atoms with Crippen molar-refractivity contribution in [2.45, 2.75) is 71.5 Å². The monoisotopic (exact) mass is 288 g/mol. The van der Waals surface area contributed by atoms with Gasteiger partial charge in [-0.1, -0.05) is 31.2 Å². The van der Waals surface area contributed by atoms with Gasteiger partial charge in [-0.25, -0.2) is 0 Å². The molecule has 0 saturated carbocycles. The van der Waals surface area contributed by atoms with Crippen LogP contribution in [0.4, 0.5) is 0 Å². The highest BCUT2D eigenvalue weighted by Crippen LogP contribution is 2.22. The summed E-state index contributed by atoms with van der Waals surface area (Å²) in [4.78, 5) is 2.60. The van der Waals surface area contributed by atoms with Crippen LogP contribution in [0.25, 0.3) is 0 Å². The van der Waals surface area contributed by atoms with E-state index in [0.29, 0.717) is 17.6 Å². The topological polar surface area (TPSA) is 15.3 Å². The van der Waals surface area contributed by atoms with Crippen molar-refractivity contribution < 1.29 is 0 Å². The highest BCUT2D eigenvalue weighted by molar-refractivity contribution is 5.24. The first-order chi connectivity index (χ1) is 9.90. The van der Waals surface area contributed by atoms with Crippen molar-refractivity contribution in [3.8, 4) is 0 Å². The van der Waals surface area contributed by atoms with Gasteiger partial charge >= 0.3 is 0 Å². The maximum Gasteiger partial charge on any atom is 0.0294 e. The Hall–Kier alpha value is -0.860. The highest BCUT2D eigenvalue weighted by atomic mass is 15.2.